The van der Waals surface area contributed by atoms with Crippen molar-refractivity contribution in [3.8, 4) is 0 Å². The maximum Gasteiger partial charge on any atom is 0.0702 e. The molecule has 0 saturated carbocycles. The monoisotopic (exact) mass is 290 g/mol. The largest absolute Gasteiger partial charge is 0.377 e. The van der Waals surface area contributed by atoms with Crippen molar-refractivity contribution >= 4 is 0 Å². The molecule has 0 bridgehead atoms. The summed E-state index contributed by atoms with van der Waals surface area (Å²) in [4.78, 5) is 2.54. The molecule has 2 rings (SSSR count). The van der Waals surface area contributed by atoms with Crippen LogP contribution in [0.1, 0.15) is 43.9 Å². The number of ether oxygens (including phenoxy) is 1. The lowest BCUT2D eigenvalue weighted by atomic mass is 9.98. The van der Waals surface area contributed by atoms with Gasteiger partial charge in [-0.3, -0.25) is 4.90 Å². The van der Waals surface area contributed by atoms with Gasteiger partial charge < -0.3 is 10.1 Å². The SMILES string of the molecule is CCN(CC1CCCO1)C(C)C(NC)c1ccc(C)cc1. The number of nitrogens with one attached hydrogen (secondary N) is 1. The van der Waals surface area contributed by atoms with Crippen molar-refractivity contribution in [1.82, 2.24) is 10.2 Å². The molecule has 1 heterocycles. The topological polar surface area (TPSA) is 24.5 Å². The van der Waals surface area contributed by atoms with E-state index in [1.807, 2.05) is 0 Å². The highest BCUT2D eigenvalue weighted by molar-refractivity contribution is 5.25. The van der Waals surface area contributed by atoms with Crippen molar-refractivity contribution in [2.24, 2.45) is 0 Å². The summed E-state index contributed by atoms with van der Waals surface area (Å²) in [5.74, 6) is 0. The van der Waals surface area contributed by atoms with Gasteiger partial charge in [0.05, 0.1) is 6.10 Å². The van der Waals surface area contributed by atoms with E-state index in [0.29, 0.717) is 18.2 Å². The van der Waals surface area contributed by atoms with Gasteiger partial charge in [-0.1, -0.05) is 36.8 Å². The second-order valence-electron chi connectivity index (χ2n) is 6.14. The summed E-state index contributed by atoms with van der Waals surface area (Å²) in [5.41, 5.74) is 2.68. The summed E-state index contributed by atoms with van der Waals surface area (Å²) in [7, 11) is 2.06. The molecule has 0 spiro atoms. The van der Waals surface area contributed by atoms with Crippen molar-refractivity contribution in [1.29, 1.82) is 0 Å². The van der Waals surface area contributed by atoms with Crippen LogP contribution in [0.25, 0.3) is 0 Å². The Labute approximate surface area is 129 Å². The number of likely N-dealkylation sites (N-methyl/N-ethyl adjacent to an activating group) is 2. The summed E-state index contributed by atoms with van der Waals surface area (Å²) >= 11 is 0. The maximum atomic E-state index is 5.81. The lowest BCUT2D eigenvalue weighted by Crippen LogP contribution is -2.45. The fourth-order valence-electron chi connectivity index (χ4n) is 3.30. The molecule has 21 heavy (non-hydrogen) atoms. The van der Waals surface area contributed by atoms with Crippen molar-refractivity contribution in [3.63, 3.8) is 0 Å². The number of nitrogens with zero attached hydrogens (tertiary/aromatic N) is 1. The molecule has 118 valence electrons. The average molecular weight is 290 g/mol. The molecule has 1 N–H and O–H groups in total. The number of hydrogen-bond acceptors (Lipinski definition) is 3. The molecule has 1 aromatic rings. The summed E-state index contributed by atoms with van der Waals surface area (Å²) in [5, 5.41) is 3.49. The summed E-state index contributed by atoms with van der Waals surface area (Å²) in [6.45, 7) is 9.74. The number of rotatable bonds is 7. The van der Waals surface area contributed by atoms with E-state index in [2.05, 4.69) is 62.3 Å². The molecule has 0 aromatic heterocycles. The first-order valence-electron chi connectivity index (χ1n) is 8.25. The van der Waals surface area contributed by atoms with Crippen LogP contribution in [-0.4, -0.2) is 43.8 Å². The number of hydrogen-bond donors (Lipinski definition) is 1. The molecular weight excluding hydrogens is 260 g/mol. The molecule has 0 radical (unpaired) electrons. The Hall–Kier alpha value is -0.900. The van der Waals surface area contributed by atoms with Crippen molar-refractivity contribution in [2.75, 3.05) is 26.7 Å². The Bertz CT molecular complexity index is 412. The highest BCUT2D eigenvalue weighted by atomic mass is 16.5. The second kappa shape index (κ2) is 7.92. The molecular formula is C18H30N2O. The lowest BCUT2D eigenvalue weighted by molar-refractivity contribution is 0.0550. The lowest BCUT2D eigenvalue weighted by Gasteiger charge is -2.35. The van der Waals surface area contributed by atoms with Gasteiger partial charge >= 0.3 is 0 Å². The first-order chi connectivity index (χ1) is 10.2. The Morgan fingerprint density at radius 1 is 1.33 bits per heavy atom. The van der Waals surface area contributed by atoms with E-state index < -0.39 is 0 Å². The minimum absolute atomic E-state index is 0.354. The van der Waals surface area contributed by atoms with Crippen LogP contribution in [0.3, 0.4) is 0 Å². The Morgan fingerprint density at radius 3 is 2.57 bits per heavy atom. The second-order valence-corrected chi connectivity index (χ2v) is 6.14. The van der Waals surface area contributed by atoms with Crippen LogP contribution in [0.2, 0.25) is 0 Å². The summed E-state index contributed by atoms with van der Waals surface area (Å²) in [6.07, 6.45) is 2.84. The zero-order chi connectivity index (χ0) is 15.2. The zero-order valence-electron chi connectivity index (χ0n) is 13.9. The van der Waals surface area contributed by atoms with Crippen molar-refractivity contribution in [2.45, 2.75) is 51.8 Å². The number of aryl methyl sites for hydroxylation is 1. The third-order valence-electron chi connectivity index (χ3n) is 4.67. The van der Waals surface area contributed by atoms with Gasteiger partial charge in [0.1, 0.15) is 0 Å². The van der Waals surface area contributed by atoms with Gasteiger partial charge in [-0.25, -0.2) is 0 Å². The van der Waals surface area contributed by atoms with Gasteiger partial charge in [-0.15, -0.1) is 0 Å². The van der Waals surface area contributed by atoms with E-state index in [1.54, 1.807) is 0 Å². The Morgan fingerprint density at radius 2 is 2.05 bits per heavy atom. The summed E-state index contributed by atoms with van der Waals surface area (Å²) < 4.78 is 5.81. The van der Waals surface area contributed by atoms with E-state index in [0.717, 1.165) is 19.7 Å². The van der Waals surface area contributed by atoms with Crippen LogP contribution in [0.15, 0.2) is 24.3 Å². The van der Waals surface area contributed by atoms with Crippen LogP contribution in [0.4, 0.5) is 0 Å². The third-order valence-corrected chi connectivity index (χ3v) is 4.67. The normalized spacial score (nSPS) is 21.7. The minimum Gasteiger partial charge on any atom is -0.377 e. The molecule has 1 saturated heterocycles. The Kier molecular flexibility index (Phi) is 6.22. The number of benzene rings is 1. The van der Waals surface area contributed by atoms with Crippen LogP contribution >= 0.6 is 0 Å². The van der Waals surface area contributed by atoms with Crippen LogP contribution in [0.5, 0.6) is 0 Å². The molecule has 1 fully saturated rings. The fourth-order valence-corrected chi connectivity index (χ4v) is 3.30. The molecule has 1 aromatic carbocycles. The smallest absolute Gasteiger partial charge is 0.0702 e. The first-order valence-corrected chi connectivity index (χ1v) is 8.25. The molecule has 0 amide bonds. The average Bonchev–Trinajstić information content (AvgIpc) is 3.00. The van der Waals surface area contributed by atoms with Gasteiger partial charge in [0.15, 0.2) is 0 Å². The first kappa shape index (κ1) is 16.5. The van der Waals surface area contributed by atoms with Gasteiger partial charge in [-0.05, 0) is 45.8 Å². The van der Waals surface area contributed by atoms with Gasteiger partial charge in [0, 0.05) is 25.2 Å². The van der Waals surface area contributed by atoms with Crippen molar-refractivity contribution in [3.05, 3.63) is 35.4 Å². The van der Waals surface area contributed by atoms with E-state index >= 15 is 0 Å². The van der Waals surface area contributed by atoms with E-state index in [4.69, 9.17) is 4.74 Å². The summed E-state index contributed by atoms with van der Waals surface area (Å²) in [6, 6.07) is 9.68. The molecule has 3 unspecified atom stereocenters. The molecule has 3 atom stereocenters. The highest BCUT2D eigenvalue weighted by Crippen LogP contribution is 2.23. The molecule has 3 nitrogen and oxygen atoms in total. The van der Waals surface area contributed by atoms with Gasteiger partial charge in [0.2, 0.25) is 0 Å². The van der Waals surface area contributed by atoms with Crippen LogP contribution in [-0.2, 0) is 4.74 Å². The zero-order valence-corrected chi connectivity index (χ0v) is 13.9. The molecule has 1 aliphatic rings. The predicted molar refractivity (Wildman–Crippen MR) is 88.7 cm³/mol. The van der Waals surface area contributed by atoms with E-state index in [1.165, 1.54) is 24.0 Å². The molecule has 1 aliphatic heterocycles. The molecule has 3 heteroatoms. The van der Waals surface area contributed by atoms with Gasteiger partial charge in [-0.2, -0.15) is 0 Å². The van der Waals surface area contributed by atoms with E-state index in [9.17, 15) is 0 Å². The fraction of sp³-hybridized carbons (Fsp3) is 0.667. The van der Waals surface area contributed by atoms with Crippen molar-refractivity contribution < 1.29 is 4.74 Å². The quantitative estimate of drug-likeness (QED) is 0.835. The minimum atomic E-state index is 0.354. The Balaban J connectivity index is 2.05. The third kappa shape index (κ3) is 4.29. The van der Waals surface area contributed by atoms with Gasteiger partial charge in [0.25, 0.3) is 0 Å². The predicted octanol–water partition coefficient (Wildman–Crippen LogP) is 3.14. The molecule has 0 aliphatic carbocycles. The van der Waals surface area contributed by atoms with Crippen LogP contribution < -0.4 is 5.32 Å². The van der Waals surface area contributed by atoms with Crippen LogP contribution in [0, 0.1) is 6.92 Å². The maximum absolute atomic E-state index is 5.81. The van der Waals surface area contributed by atoms with E-state index in [-0.39, 0.29) is 0 Å². The highest BCUT2D eigenvalue weighted by Gasteiger charge is 2.26. The standard InChI is InChI=1S/C18H30N2O/c1-5-20(13-17-7-6-12-21-17)15(3)18(19-4)16-10-8-14(2)9-11-16/h8-11,15,17-19H,5-7,12-13H2,1-4H3.